The fourth-order valence-electron chi connectivity index (χ4n) is 13.2. The zero-order chi connectivity index (χ0) is 37.1. The highest BCUT2D eigenvalue weighted by atomic mass is 16.7. The van der Waals surface area contributed by atoms with Gasteiger partial charge in [0, 0.05) is 18.8 Å². The monoisotopic (exact) mass is 740 g/mol. The molecule has 13 heteroatoms. The molecule has 0 aromatic heterocycles. The van der Waals surface area contributed by atoms with Crippen LogP contribution in [-0.4, -0.2) is 134 Å². The summed E-state index contributed by atoms with van der Waals surface area (Å²) in [6, 6.07) is 0. The summed E-state index contributed by atoms with van der Waals surface area (Å²) in [6.07, 6.45) is -6.02. The van der Waals surface area contributed by atoms with Gasteiger partial charge in [-0.3, -0.25) is 0 Å². The normalized spacial score (nSPS) is 60.5. The van der Waals surface area contributed by atoms with Gasteiger partial charge in [0.25, 0.3) is 0 Å². The predicted octanol–water partition coefficient (Wildman–Crippen LogP) is 1.44. The Hall–Kier alpha value is -0.520. The summed E-state index contributed by atoms with van der Waals surface area (Å²) >= 11 is 0. The molecule has 13 nitrogen and oxygen atoms in total. The molecule has 0 radical (unpaired) electrons. The second kappa shape index (κ2) is 13.8. The van der Waals surface area contributed by atoms with Crippen LogP contribution < -0.4 is 0 Å². The Morgan fingerprint density at radius 1 is 0.731 bits per heavy atom. The minimum Gasteiger partial charge on any atom is -0.394 e. The zero-order valence-electron chi connectivity index (χ0n) is 31.4. The number of hydrogen-bond donors (Lipinski definition) is 7. The van der Waals surface area contributed by atoms with Gasteiger partial charge in [-0.2, -0.15) is 0 Å². The van der Waals surface area contributed by atoms with E-state index in [1.807, 2.05) is 0 Å². The Morgan fingerprint density at radius 3 is 2.17 bits per heavy atom. The SMILES string of the molecule is C[C@H]1CC[C@@]2(OC1)O[C@H]1C[C@H]3[C@@H]4CCC5C[C@@H](O[C@@H]6O[C@H](CO)[C@@H](O[C@@H]7O[C@@H](C)[C@H](O)[C@@H](O)[C@H]7O)[C@H](O)[C@H]6O)C[C@@H](O)[C@]5(C)[C@H]4CC[C@]3(C)[C@H]1[C@@H]2C. The van der Waals surface area contributed by atoms with E-state index in [0.717, 1.165) is 51.6 Å². The van der Waals surface area contributed by atoms with Crippen molar-refractivity contribution in [2.75, 3.05) is 13.2 Å². The number of rotatable bonds is 5. The van der Waals surface area contributed by atoms with Gasteiger partial charge in [0.15, 0.2) is 18.4 Å². The van der Waals surface area contributed by atoms with Crippen LogP contribution in [0.25, 0.3) is 0 Å². The third-order valence-electron chi connectivity index (χ3n) is 16.2. The van der Waals surface area contributed by atoms with Crippen LogP contribution in [0.5, 0.6) is 0 Å². The molecular weight excluding hydrogens is 676 g/mol. The summed E-state index contributed by atoms with van der Waals surface area (Å²) in [5.41, 5.74) is -0.0807. The van der Waals surface area contributed by atoms with Gasteiger partial charge in [-0.15, -0.1) is 0 Å². The third kappa shape index (κ3) is 5.81. The highest BCUT2D eigenvalue weighted by Gasteiger charge is 2.70. The van der Waals surface area contributed by atoms with E-state index in [0.29, 0.717) is 48.3 Å². The Labute approximate surface area is 307 Å². The van der Waals surface area contributed by atoms with Gasteiger partial charge in [-0.1, -0.05) is 27.7 Å². The highest BCUT2D eigenvalue weighted by molar-refractivity contribution is 5.16. The van der Waals surface area contributed by atoms with Gasteiger partial charge in [0.1, 0.15) is 42.7 Å². The van der Waals surface area contributed by atoms with Crippen molar-refractivity contribution in [1.82, 2.24) is 0 Å². The summed E-state index contributed by atoms with van der Waals surface area (Å²) in [5, 5.41) is 75.2. The van der Waals surface area contributed by atoms with Crippen molar-refractivity contribution in [3.05, 3.63) is 0 Å². The molecule has 8 fully saturated rings. The zero-order valence-corrected chi connectivity index (χ0v) is 31.4. The fourth-order valence-corrected chi connectivity index (χ4v) is 13.2. The van der Waals surface area contributed by atoms with E-state index in [2.05, 4.69) is 27.7 Å². The summed E-state index contributed by atoms with van der Waals surface area (Å²) in [7, 11) is 0. The van der Waals surface area contributed by atoms with E-state index in [1.54, 1.807) is 0 Å². The second-order valence-electron chi connectivity index (χ2n) is 18.8. The van der Waals surface area contributed by atoms with Crippen molar-refractivity contribution in [3.63, 3.8) is 0 Å². The molecular formula is C39H64O13. The number of aliphatic hydroxyl groups excluding tert-OH is 7. The number of fused-ring (bicyclic) bond motifs is 7. The maximum Gasteiger partial charge on any atom is 0.187 e. The molecule has 8 rings (SSSR count). The maximum atomic E-state index is 12.0. The van der Waals surface area contributed by atoms with Crippen molar-refractivity contribution >= 4 is 0 Å². The lowest BCUT2D eigenvalue weighted by Crippen LogP contribution is -2.64. The molecule has 0 bridgehead atoms. The van der Waals surface area contributed by atoms with Crippen LogP contribution in [0, 0.1) is 52.3 Å². The molecule has 4 saturated carbocycles. The van der Waals surface area contributed by atoms with Crippen LogP contribution >= 0.6 is 0 Å². The van der Waals surface area contributed by atoms with Crippen LogP contribution in [0.4, 0.5) is 0 Å². The standard InChI is InChI=1S/C39H64O13/c1-17-8-11-39(47-16-17)18(2)28-25(52-39)14-24-22-7-6-20-12-21(13-27(41)38(20,5)23(22)9-10-37(24,28)4)49-36-33(46)31(44)34(26(15-40)50-36)51-35-32(45)30(43)29(42)19(3)48-35/h17-36,40-46H,6-16H2,1-5H3/t17-,18-,19-,20?,21+,22+,23-,24-,25-,26+,27+,28-,29-,30+,31+,32+,33+,34+,35-,36+,37-,38-,39+/m0/s1. The third-order valence-corrected chi connectivity index (χ3v) is 16.2. The van der Waals surface area contributed by atoms with Crippen LogP contribution in [0.1, 0.15) is 92.4 Å². The Morgan fingerprint density at radius 2 is 1.46 bits per heavy atom. The molecule has 0 amide bonds. The molecule has 8 aliphatic rings. The molecule has 4 saturated heterocycles. The Bertz CT molecular complexity index is 1280. The van der Waals surface area contributed by atoms with Gasteiger partial charge in [-0.25, -0.2) is 0 Å². The number of hydrogen-bond acceptors (Lipinski definition) is 13. The first-order valence-corrected chi connectivity index (χ1v) is 20.3. The van der Waals surface area contributed by atoms with Crippen molar-refractivity contribution in [2.24, 2.45) is 52.3 Å². The molecule has 298 valence electrons. The van der Waals surface area contributed by atoms with Crippen LogP contribution in [0.15, 0.2) is 0 Å². The van der Waals surface area contributed by atoms with Gasteiger partial charge >= 0.3 is 0 Å². The molecule has 7 N–H and O–H groups in total. The largest absolute Gasteiger partial charge is 0.394 e. The molecule has 4 heterocycles. The molecule has 4 aliphatic heterocycles. The van der Waals surface area contributed by atoms with E-state index in [1.165, 1.54) is 6.92 Å². The first-order valence-electron chi connectivity index (χ1n) is 20.3. The van der Waals surface area contributed by atoms with Crippen molar-refractivity contribution in [1.29, 1.82) is 0 Å². The second-order valence-corrected chi connectivity index (χ2v) is 18.8. The molecule has 1 unspecified atom stereocenters. The van der Waals surface area contributed by atoms with E-state index >= 15 is 0 Å². The van der Waals surface area contributed by atoms with Crippen molar-refractivity contribution in [3.8, 4) is 0 Å². The average molecular weight is 741 g/mol. The minimum absolute atomic E-state index is 0.191. The average Bonchev–Trinajstić information content (AvgIpc) is 3.56. The quantitative estimate of drug-likeness (QED) is 0.200. The smallest absolute Gasteiger partial charge is 0.187 e. The first kappa shape index (κ1) is 38.4. The van der Waals surface area contributed by atoms with Crippen LogP contribution in [0.3, 0.4) is 0 Å². The molecule has 0 aromatic carbocycles. The fraction of sp³-hybridized carbons (Fsp3) is 1.00. The lowest BCUT2D eigenvalue weighted by Gasteiger charge is -2.62. The van der Waals surface area contributed by atoms with Crippen molar-refractivity contribution < 1.29 is 64.2 Å². The molecule has 1 spiro atoms. The van der Waals surface area contributed by atoms with Gasteiger partial charge in [0.2, 0.25) is 0 Å². The molecule has 4 aliphatic carbocycles. The number of aliphatic hydroxyl groups is 7. The van der Waals surface area contributed by atoms with E-state index in [9.17, 15) is 35.7 Å². The lowest BCUT2D eigenvalue weighted by molar-refractivity contribution is -0.362. The first-order chi connectivity index (χ1) is 24.6. The number of ether oxygens (including phenoxy) is 6. The lowest BCUT2D eigenvalue weighted by atomic mass is 9.43. The van der Waals surface area contributed by atoms with E-state index in [4.69, 9.17) is 28.4 Å². The Balaban J connectivity index is 0.914. The van der Waals surface area contributed by atoms with Crippen LogP contribution in [0.2, 0.25) is 0 Å². The summed E-state index contributed by atoms with van der Waals surface area (Å²) in [4.78, 5) is 0. The molecule has 23 atom stereocenters. The minimum atomic E-state index is -1.63. The van der Waals surface area contributed by atoms with Crippen LogP contribution in [-0.2, 0) is 28.4 Å². The van der Waals surface area contributed by atoms with E-state index in [-0.39, 0.29) is 22.9 Å². The Kier molecular flexibility index (Phi) is 10.2. The van der Waals surface area contributed by atoms with Gasteiger partial charge in [0.05, 0.1) is 37.6 Å². The van der Waals surface area contributed by atoms with Gasteiger partial charge in [-0.05, 0) is 98.2 Å². The highest BCUT2D eigenvalue weighted by Crippen LogP contribution is 2.71. The topological polar surface area (TPSA) is 197 Å². The van der Waals surface area contributed by atoms with Gasteiger partial charge < -0.3 is 64.2 Å². The predicted molar refractivity (Wildman–Crippen MR) is 183 cm³/mol. The summed E-state index contributed by atoms with van der Waals surface area (Å²) in [6.45, 7) is 11.1. The summed E-state index contributed by atoms with van der Waals surface area (Å²) < 4.78 is 37.0. The molecule has 0 aromatic rings. The maximum absolute atomic E-state index is 12.0. The summed E-state index contributed by atoms with van der Waals surface area (Å²) in [5.74, 6) is 2.68. The van der Waals surface area contributed by atoms with Crippen molar-refractivity contribution in [2.45, 2.75) is 178 Å². The molecule has 52 heavy (non-hydrogen) atoms. The van der Waals surface area contributed by atoms with E-state index < -0.39 is 86.0 Å².